The molecule has 184 valence electrons. The lowest BCUT2D eigenvalue weighted by molar-refractivity contribution is 0.0963. The number of aryl methyl sites for hydroxylation is 1. The van der Waals surface area contributed by atoms with Gasteiger partial charge in [0.15, 0.2) is 16.7 Å². The SMILES string of the molecule is CCc1nc(C(N)=O)c(Nc2ccc(OC)c(C3CCN(C4CCN(C)CC4)CC3)c2)nc1Cl. The second kappa shape index (κ2) is 10.9. The number of nitrogens with two attached hydrogens (primary N) is 1. The van der Waals surface area contributed by atoms with Crippen LogP contribution in [-0.2, 0) is 6.42 Å². The Hall–Kier alpha value is -2.42. The van der Waals surface area contributed by atoms with Gasteiger partial charge in [-0.1, -0.05) is 18.5 Å². The zero-order valence-electron chi connectivity index (χ0n) is 20.3. The first-order chi connectivity index (χ1) is 16.4. The maximum absolute atomic E-state index is 12.0. The number of amides is 1. The van der Waals surface area contributed by atoms with Crippen molar-refractivity contribution in [2.75, 3.05) is 45.7 Å². The summed E-state index contributed by atoms with van der Waals surface area (Å²) in [5, 5.41) is 3.48. The van der Waals surface area contributed by atoms with Crippen molar-refractivity contribution in [1.29, 1.82) is 0 Å². The Balaban J connectivity index is 1.51. The number of halogens is 1. The maximum Gasteiger partial charge on any atom is 0.271 e. The van der Waals surface area contributed by atoms with Crippen LogP contribution in [0.4, 0.5) is 11.5 Å². The molecule has 0 saturated carbocycles. The summed E-state index contributed by atoms with van der Waals surface area (Å²) in [5.74, 6) is 0.912. The van der Waals surface area contributed by atoms with Gasteiger partial charge in [-0.15, -0.1) is 0 Å². The van der Waals surface area contributed by atoms with E-state index in [4.69, 9.17) is 22.1 Å². The van der Waals surface area contributed by atoms with Crippen molar-refractivity contribution < 1.29 is 9.53 Å². The standard InChI is InChI=1S/C25H35ClN6O2/c1-4-20-23(26)30-25(22(29-20)24(27)33)28-17-5-6-21(34-3)19(15-17)16-7-13-32(14-8-16)18-9-11-31(2)12-10-18/h5-6,15-16,18H,4,7-14H2,1-3H3,(H2,27,33)(H,28,30). The number of primary amides is 1. The lowest BCUT2D eigenvalue weighted by Gasteiger charge is -2.41. The number of ether oxygens (including phenoxy) is 1. The first-order valence-corrected chi connectivity index (χ1v) is 12.5. The summed E-state index contributed by atoms with van der Waals surface area (Å²) in [6.45, 7) is 6.48. The summed E-state index contributed by atoms with van der Waals surface area (Å²) in [6, 6.07) is 6.65. The lowest BCUT2D eigenvalue weighted by Crippen LogP contribution is -2.46. The van der Waals surface area contributed by atoms with E-state index < -0.39 is 5.91 Å². The minimum absolute atomic E-state index is 0.0880. The summed E-state index contributed by atoms with van der Waals surface area (Å²) < 4.78 is 5.70. The third-order valence-electron chi connectivity index (χ3n) is 7.15. The number of benzene rings is 1. The maximum atomic E-state index is 12.0. The van der Waals surface area contributed by atoms with E-state index in [9.17, 15) is 4.79 Å². The molecule has 8 nitrogen and oxygen atoms in total. The van der Waals surface area contributed by atoms with Gasteiger partial charge in [-0.3, -0.25) is 4.79 Å². The molecule has 2 aliphatic rings. The zero-order chi connectivity index (χ0) is 24.2. The first-order valence-electron chi connectivity index (χ1n) is 12.1. The smallest absolute Gasteiger partial charge is 0.271 e. The number of nitrogens with one attached hydrogen (secondary N) is 1. The predicted molar refractivity (Wildman–Crippen MR) is 135 cm³/mol. The van der Waals surface area contributed by atoms with Crippen LogP contribution in [0.5, 0.6) is 5.75 Å². The van der Waals surface area contributed by atoms with Gasteiger partial charge in [-0.05, 0) is 95.0 Å². The van der Waals surface area contributed by atoms with Gasteiger partial charge in [0.05, 0.1) is 12.8 Å². The highest BCUT2D eigenvalue weighted by Crippen LogP contribution is 2.37. The van der Waals surface area contributed by atoms with E-state index in [1.165, 1.54) is 31.5 Å². The number of hydrogen-bond donors (Lipinski definition) is 2. The minimum Gasteiger partial charge on any atom is -0.496 e. The molecule has 0 bridgehead atoms. The Bertz CT molecular complexity index is 1020. The molecule has 9 heteroatoms. The third kappa shape index (κ3) is 5.45. The fraction of sp³-hybridized carbons (Fsp3) is 0.560. The molecule has 3 heterocycles. The summed E-state index contributed by atoms with van der Waals surface area (Å²) >= 11 is 6.27. The number of rotatable bonds is 7. The quantitative estimate of drug-likeness (QED) is 0.614. The highest BCUT2D eigenvalue weighted by Gasteiger charge is 2.29. The number of aromatic nitrogens is 2. The number of piperidine rings is 2. The van der Waals surface area contributed by atoms with Gasteiger partial charge in [0, 0.05) is 11.7 Å². The number of likely N-dealkylation sites (tertiary alicyclic amines) is 2. The molecule has 2 saturated heterocycles. The summed E-state index contributed by atoms with van der Waals surface area (Å²) in [7, 11) is 3.92. The Labute approximate surface area is 206 Å². The second-order valence-electron chi connectivity index (χ2n) is 9.30. The number of methoxy groups -OCH3 is 1. The Morgan fingerprint density at radius 1 is 1.18 bits per heavy atom. The fourth-order valence-corrected chi connectivity index (χ4v) is 5.40. The van der Waals surface area contributed by atoms with Crippen molar-refractivity contribution in [3.8, 4) is 5.75 Å². The van der Waals surface area contributed by atoms with Crippen molar-refractivity contribution in [3.63, 3.8) is 0 Å². The Morgan fingerprint density at radius 3 is 2.50 bits per heavy atom. The van der Waals surface area contributed by atoms with Crippen LogP contribution >= 0.6 is 11.6 Å². The van der Waals surface area contributed by atoms with Crippen LogP contribution in [0.25, 0.3) is 0 Å². The molecule has 2 aromatic rings. The van der Waals surface area contributed by atoms with E-state index in [1.807, 2.05) is 19.1 Å². The van der Waals surface area contributed by atoms with Gasteiger partial charge in [0.25, 0.3) is 5.91 Å². The van der Waals surface area contributed by atoms with E-state index in [2.05, 4.69) is 38.2 Å². The van der Waals surface area contributed by atoms with Gasteiger partial charge >= 0.3 is 0 Å². The average Bonchev–Trinajstić information content (AvgIpc) is 2.84. The van der Waals surface area contributed by atoms with Gasteiger partial charge < -0.3 is 25.6 Å². The zero-order valence-corrected chi connectivity index (χ0v) is 21.1. The molecule has 0 aliphatic carbocycles. The monoisotopic (exact) mass is 486 g/mol. The minimum atomic E-state index is -0.642. The molecule has 0 atom stereocenters. The molecule has 1 amide bonds. The van der Waals surface area contributed by atoms with Crippen molar-refractivity contribution in [1.82, 2.24) is 19.8 Å². The first kappa shape index (κ1) is 24.7. The normalized spacial score (nSPS) is 18.7. The van der Waals surface area contributed by atoms with Crippen LogP contribution in [0.2, 0.25) is 5.15 Å². The molecule has 1 aromatic carbocycles. The van der Waals surface area contributed by atoms with E-state index in [1.54, 1.807) is 7.11 Å². The summed E-state index contributed by atoms with van der Waals surface area (Å²) in [4.78, 5) is 25.8. The molecular weight excluding hydrogens is 452 g/mol. The van der Waals surface area contributed by atoms with Gasteiger partial charge in [-0.2, -0.15) is 0 Å². The van der Waals surface area contributed by atoms with E-state index in [0.717, 1.165) is 37.4 Å². The topological polar surface area (TPSA) is 96.6 Å². The highest BCUT2D eigenvalue weighted by molar-refractivity contribution is 6.30. The molecule has 1 aromatic heterocycles. The Kier molecular flexibility index (Phi) is 7.91. The van der Waals surface area contributed by atoms with Crippen molar-refractivity contribution >= 4 is 29.0 Å². The molecule has 0 spiro atoms. The van der Waals surface area contributed by atoms with Gasteiger partial charge in [0.1, 0.15) is 5.75 Å². The molecule has 0 radical (unpaired) electrons. The average molecular weight is 487 g/mol. The van der Waals surface area contributed by atoms with Gasteiger partial charge in [-0.25, -0.2) is 9.97 Å². The Morgan fingerprint density at radius 2 is 1.88 bits per heavy atom. The van der Waals surface area contributed by atoms with Crippen LogP contribution in [0.1, 0.15) is 60.3 Å². The van der Waals surface area contributed by atoms with Crippen LogP contribution in [0.3, 0.4) is 0 Å². The predicted octanol–water partition coefficient (Wildman–Crippen LogP) is 3.82. The number of hydrogen-bond acceptors (Lipinski definition) is 7. The van der Waals surface area contributed by atoms with Crippen molar-refractivity contribution in [2.45, 2.75) is 51.0 Å². The number of carbonyl (C=O) groups is 1. The van der Waals surface area contributed by atoms with E-state index in [0.29, 0.717) is 24.1 Å². The van der Waals surface area contributed by atoms with Crippen molar-refractivity contribution in [3.05, 3.63) is 40.3 Å². The van der Waals surface area contributed by atoms with E-state index in [-0.39, 0.29) is 16.7 Å². The number of carbonyl (C=O) groups excluding carboxylic acids is 1. The van der Waals surface area contributed by atoms with Crippen LogP contribution in [-0.4, -0.2) is 72.1 Å². The summed E-state index contributed by atoms with van der Waals surface area (Å²) in [5.41, 5.74) is 8.17. The fourth-order valence-electron chi connectivity index (χ4n) is 5.14. The molecule has 2 aliphatic heterocycles. The van der Waals surface area contributed by atoms with Crippen LogP contribution in [0, 0.1) is 0 Å². The number of anilines is 2. The molecular formula is C25H35ClN6O2. The number of nitrogens with zero attached hydrogens (tertiary/aromatic N) is 4. The molecule has 0 unspecified atom stereocenters. The molecule has 2 fully saturated rings. The molecule has 3 N–H and O–H groups in total. The lowest BCUT2D eigenvalue weighted by atomic mass is 9.87. The van der Waals surface area contributed by atoms with Crippen molar-refractivity contribution in [2.24, 2.45) is 5.73 Å². The van der Waals surface area contributed by atoms with E-state index >= 15 is 0 Å². The molecule has 4 rings (SSSR count). The molecule has 34 heavy (non-hydrogen) atoms. The third-order valence-corrected chi connectivity index (χ3v) is 7.46. The second-order valence-corrected chi connectivity index (χ2v) is 9.66. The highest BCUT2D eigenvalue weighted by atomic mass is 35.5. The largest absolute Gasteiger partial charge is 0.496 e. The van der Waals surface area contributed by atoms with Gasteiger partial charge in [0.2, 0.25) is 0 Å². The summed E-state index contributed by atoms with van der Waals surface area (Å²) in [6.07, 6.45) is 5.26. The van der Waals surface area contributed by atoms with Crippen LogP contribution in [0.15, 0.2) is 18.2 Å². The van der Waals surface area contributed by atoms with Crippen LogP contribution < -0.4 is 15.8 Å².